The first-order valence-electron chi connectivity index (χ1n) is 6.33. The first-order chi connectivity index (χ1) is 9.79. The minimum atomic E-state index is -0.235. The number of carbonyl (C=O) groups is 1. The second kappa shape index (κ2) is 7.13. The van der Waals surface area contributed by atoms with Crippen LogP contribution in [-0.2, 0) is 13.1 Å². The predicted molar refractivity (Wildman–Crippen MR) is 76.3 cm³/mol. The first kappa shape index (κ1) is 13.9. The topological polar surface area (TPSA) is 63.2 Å². The van der Waals surface area contributed by atoms with Gasteiger partial charge in [-0.2, -0.15) is 0 Å². The van der Waals surface area contributed by atoms with E-state index in [0.717, 1.165) is 17.0 Å². The van der Waals surface area contributed by atoms with Crippen LogP contribution in [0.25, 0.3) is 0 Å². The lowest BCUT2D eigenvalue weighted by atomic mass is 10.2. The maximum atomic E-state index is 11.7. The van der Waals surface area contributed by atoms with Gasteiger partial charge in [-0.15, -0.1) is 0 Å². The third-order valence-electron chi connectivity index (χ3n) is 2.79. The summed E-state index contributed by atoms with van der Waals surface area (Å²) in [5.41, 5.74) is 1.75. The molecule has 0 saturated carbocycles. The van der Waals surface area contributed by atoms with Crippen molar-refractivity contribution in [2.24, 2.45) is 0 Å². The zero-order chi connectivity index (χ0) is 14.2. The third kappa shape index (κ3) is 3.98. The standard InChI is InChI=1S/C15H17N3O2/c1-20-14-8-3-2-6-12(14)10-17-15(19)18-11-13-7-4-5-9-16-13/h2-9H,10-11H2,1H3,(H2,17,18,19). The van der Waals surface area contributed by atoms with Crippen LogP contribution in [0.4, 0.5) is 4.79 Å². The highest BCUT2D eigenvalue weighted by atomic mass is 16.5. The van der Waals surface area contributed by atoms with Crippen molar-refractivity contribution < 1.29 is 9.53 Å². The summed E-state index contributed by atoms with van der Waals surface area (Å²) in [5.74, 6) is 0.762. The van der Waals surface area contributed by atoms with Crippen LogP contribution in [0.2, 0.25) is 0 Å². The number of hydrogen-bond acceptors (Lipinski definition) is 3. The van der Waals surface area contributed by atoms with Gasteiger partial charge >= 0.3 is 6.03 Å². The monoisotopic (exact) mass is 271 g/mol. The molecule has 104 valence electrons. The van der Waals surface area contributed by atoms with Gasteiger partial charge in [-0.05, 0) is 18.2 Å². The third-order valence-corrected chi connectivity index (χ3v) is 2.79. The lowest BCUT2D eigenvalue weighted by Gasteiger charge is -2.10. The van der Waals surface area contributed by atoms with Crippen molar-refractivity contribution in [3.05, 3.63) is 59.9 Å². The molecule has 20 heavy (non-hydrogen) atoms. The van der Waals surface area contributed by atoms with Gasteiger partial charge in [-0.3, -0.25) is 4.98 Å². The Balaban J connectivity index is 1.80. The zero-order valence-electron chi connectivity index (χ0n) is 11.3. The minimum absolute atomic E-state index is 0.235. The SMILES string of the molecule is COc1ccccc1CNC(=O)NCc1ccccn1. The lowest BCUT2D eigenvalue weighted by Crippen LogP contribution is -2.34. The zero-order valence-corrected chi connectivity index (χ0v) is 11.3. The van der Waals surface area contributed by atoms with E-state index in [4.69, 9.17) is 4.74 Å². The summed E-state index contributed by atoms with van der Waals surface area (Å²) in [6.07, 6.45) is 1.70. The second-order valence-corrected chi connectivity index (χ2v) is 4.17. The van der Waals surface area contributed by atoms with Crippen LogP contribution < -0.4 is 15.4 Å². The fourth-order valence-electron chi connectivity index (χ4n) is 1.76. The van der Waals surface area contributed by atoms with Crippen molar-refractivity contribution in [3.63, 3.8) is 0 Å². The molecule has 0 aliphatic heterocycles. The summed E-state index contributed by atoms with van der Waals surface area (Å²) in [4.78, 5) is 15.8. The van der Waals surface area contributed by atoms with E-state index < -0.39 is 0 Å². The summed E-state index contributed by atoms with van der Waals surface area (Å²) >= 11 is 0. The van der Waals surface area contributed by atoms with Crippen LogP contribution in [0.3, 0.4) is 0 Å². The highest BCUT2D eigenvalue weighted by molar-refractivity contribution is 5.73. The van der Waals surface area contributed by atoms with Crippen molar-refractivity contribution in [2.75, 3.05) is 7.11 Å². The van der Waals surface area contributed by atoms with Gasteiger partial charge in [0.25, 0.3) is 0 Å². The molecule has 2 N–H and O–H groups in total. The number of hydrogen-bond donors (Lipinski definition) is 2. The quantitative estimate of drug-likeness (QED) is 0.875. The molecule has 5 nitrogen and oxygen atoms in total. The molecule has 2 rings (SSSR count). The molecule has 5 heteroatoms. The molecule has 0 atom stereocenters. The summed E-state index contributed by atoms with van der Waals surface area (Å²) in [6, 6.07) is 12.9. The van der Waals surface area contributed by atoms with E-state index in [1.807, 2.05) is 42.5 Å². The Bertz CT molecular complexity index is 558. The smallest absolute Gasteiger partial charge is 0.315 e. The van der Waals surface area contributed by atoms with Crippen LogP contribution >= 0.6 is 0 Å². The van der Waals surface area contributed by atoms with Gasteiger partial charge in [0.05, 0.1) is 19.3 Å². The van der Waals surface area contributed by atoms with Crippen molar-refractivity contribution in [3.8, 4) is 5.75 Å². The molecule has 0 bridgehead atoms. The molecule has 0 radical (unpaired) electrons. The molecule has 2 aromatic rings. The molecule has 0 unspecified atom stereocenters. The van der Waals surface area contributed by atoms with Gasteiger partial charge in [0.2, 0.25) is 0 Å². The number of amides is 2. The number of benzene rings is 1. The fraction of sp³-hybridized carbons (Fsp3) is 0.200. The van der Waals surface area contributed by atoms with Crippen LogP contribution in [0.15, 0.2) is 48.7 Å². The first-order valence-corrected chi connectivity index (χ1v) is 6.33. The van der Waals surface area contributed by atoms with Gasteiger partial charge in [-0.25, -0.2) is 4.79 Å². The lowest BCUT2D eigenvalue weighted by molar-refractivity contribution is 0.240. The van der Waals surface area contributed by atoms with E-state index in [2.05, 4.69) is 15.6 Å². The average Bonchev–Trinajstić information content (AvgIpc) is 2.52. The van der Waals surface area contributed by atoms with Crippen molar-refractivity contribution in [2.45, 2.75) is 13.1 Å². The number of para-hydroxylation sites is 1. The Hall–Kier alpha value is -2.56. The highest BCUT2D eigenvalue weighted by Gasteiger charge is 2.04. The van der Waals surface area contributed by atoms with Gasteiger partial charge in [-0.1, -0.05) is 24.3 Å². The van der Waals surface area contributed by atoms with Gasteiger partial charge in [0, 0.05) is 18.3 Å². The fourth-order valence-corrected chi connectivity index (χ4v) is 1.76. The maximum Gasteiger partial charge on any atom is 0.315 e. The molecular formula is C15H17N3O2. The van der Waals surface area contributed by atoms with Crippen LogP contribution in [0.5, 0.6) is 5.75 Å². The maximum absolute atomic E-state index is 11.7. The second-order valence-electron chi connectivity index (χ2n) is 4.17. The molecule has 1 aromatic carbocycles. The van der Waals surface area contributed by atoms with E-state index in [1.54, 1.807) is 13.3 Å². The van der Waals surface area contributed by atoms with Gasteiger partial charge < -0.3 is 15.4 Å². The summed E-state index contributed by atoms with van der Waals surface area (Å²) in [7, 11) is 1.61. The number of urea groups is 1. The molecule has 0 spiro atoms. The minimum Gasteiger partial charge on any atom is -0.496 e. The van der Waals surface area contributed by atoms with E-state index >= 15 is 0 Å². The summed E-state index contributed by atoms with van der Waals surface area (Å²) in [5, 5.41) is 5.54. The van der Waals surface area contributed by atoms with Gasteiger partial charge in [0.1, 0.15) is 5.75 Å². The predicted octanol–water partition coefficient (Wildman–Crippen LogP) is 2.09. The Morgan fingerprint density at radius 2 is 1.85 bits per heavy atom. The van der Waals surface area contributed by atoms with E-state index in [9.17, 15) is 4.79 Å². The van der Waals surface area contributed by atoms with Crippen molar-refractivity contribution in [1.82, 2.24) is 15.6 Å². The number of pyridine rings is 1. The number of carbonyl (C=O) groups excluding carboxylic acids is 1. The van der Waals surface area contributed by atoms with Crippen molar-refractivity contribution in [1.29, 1.82) is 0 Å². The van der Waals surface area contributed by atoms with Crippen LogP contribution in [0, 0.1) is 0 Å². The van der Waals surface area contributed by atoms with Crippen LogP contribution in [0.1, 0.15) is 11.3 Å². The normalized spacial score (nSPS) is 9.85. The number of rotatable bonds is 5. The average molecular weight is 271 g/mol. The Labute approximate surface area is 118 Å². The molecule has 0 fully saturated rings. The summed E-state index contributed by atoms with van der Waals surface area (Å²) in [6.45, 7) is 0.816. The molecule has 0 saturated heterocycles. The largest absolute Gasteiger partial charge is 0.496 e. The number of nitrogens with zero attached hydrogens (tertiary/aromatic N) is 1. The highest BCUT2D eigenvalue weighted by Crippen LogP contribution is 2.16. The molecule has 1 aromatic heterocycles. The Morgan fingerprint density at radius 1 is 1.10 bits per heavy atom. The van der Waals surface area contributed by atoms with Crippen molar-refractivity contribution >= 4 is 6.03 Å². The Morgan fingerprint density at radius 3 is 2.60 bits per heavy atom. The number of methoxy groups -OCH3 is 1. The van der Waals surface area contributed by atoms with Crippen LogP contribution in [-0.4, -0.2) is 18.1 Å². The molecule has 1 heterocycles. The van der Waals surface area contributed by atoms with E-state index in [1.165, 1.54) is 0 Å². The van der Waals surface area contributed by atoms with Gasteiger partial charge in [0.15, 0.2) is 0 Å². The molecule has 2 amide bonds. The summed E-state index contributed by atoms with van der Waals surface area (Å²) < 4.78 is 5.23. The number of aromatic nitrogens is 1. The molecule has 0 aliphatic carbocycles. The van der Waals surface area contributed by atoms with E-state index in [0.29, 0.717) is 13.1 Å². The van der Waals surface area contributed by atoms with E-state index in [-0.39, 0.29) is 6.03 Å². The molecule has 0 aliphatic rings. The Kier molecular flexibility index (Phi) is 4.94. The number of nitrogens with one attached hydrogen (secondary N) is 2. The number of ether oxygens (including phenoxy) is 1. The molecular weight excluding hydrogens is 254 g/mol.